The molecule has 0 saturated heterocycles. The van der Waals surface area contributed by atoms with Gasteiger partial charge in [-0.2, -0.15) is 0 Å². The van der Waals surface area contributed by atoms with E-state index in [0.717, 1.165) is 0 Å². The lowest BCUT2D eigenvalue weighted by molar-refractivity contribution is 0.0832. The van der Waals surface area contributed by atoms with Crippen molar-refractivity contribution in [1.82, 2.24) is 0 Å². The summed E-state index contributed by atoms with van der Waals surface area (Å²) in [6, 6.07) is 0. The van der Waals surface area contributed by atoms with Crippen LogP contribution in [0.3, 0.4) is 0 Å². The van der Waals surface area contributed by atoms with Gasteiger partial charge in [-0.3, -0.25) is 0 Å². The molecule has 90 valence electrons. The maximum atomic E-state index is 6.00. The quantitative estimate of drug-likeness (QED) is 0.642. The van der Waals surface area contributed by atoms with Crippen LogP contribution in [-0.4, -0.2) is 0 Å². The number of rotatable bonds is 0. The molecule has 4 bridgehead atoms. The van der Waals surface area contributed by atoms with Crippen LogP contribution in [0.2, 0.25) is 0 Å². The maximum absolute atomic E-state index is 6.00. The van der Waals surface area contributed by atoms with Gasteiger partial charge in [0.2, 0.25) is 0 Å². The predicted molar refractivity (Wildman–Crippen MR) is 67.3 cm³/mol. The minimum absolute atomic E-state index is 0.178. The summed E-state index contributed by atoms with van der Waals surface area (Å²) >= 11 is 0. The third-order valence-corrected chi connectivity index (χ3v) is 4.84. The van der Waals surface area contributed by atoms with Crippen LogP contribution in [0.5, 0.6) is 0 Å². The zero-order valence-corrected chi connectivity index (χ0v) is 10.4. The Morgan fingerprint density at radius 3 is 1.17 bits per heavy atom. The average Bonchev–Trinajstić information content (AvgIpc) is 3.10. The molecule has 0 spiro atoms. The van der Waals surface area contributed by atoms with Crippen molar-refractivity contribution < 1.29 is 9.47 Å². The van der Waals surface area contributed by atoms with Crippen molar-refractivity contribution in [3.05, 3.63) is 57.7 Å². The molecule has 1 aromatic rings. The van der Waals surface area contributed by atoms with E-state index in [9.17, 15) is 0 Å². The third-order valence-electron chi connectivity index (χ3n) is 4.84. The van der Waals surface area contributed by atoms with E-state index in [1.165, 1.54) is 33.4 Å². The number of ether oxygens (including phenoxy) is 2. The van der Waals surface area contributed by atoms with Gasteiger partial charge in [-0.1, -0.05) is 24.3 Å². The van der Waals surface area contributed by atoms with Crippen molar-refractivity contribution in [2.45, 2.75) is 38.3 Å². The topological polar surface area (TPSA) is 18.5 Å². The lowest BCUT2D eigenvalue weighted by Gasteiger charge is -2.21. The minimum atomic E-state index is 0.178. The molecule has 1 aromatic carbocycles. The highest BCUT2D eigenvalue weighted by atomic mass is 16.5. The molecule has 0 fully saturated rings. The van der Waals surface area contributed by atoms with Gasteiger partial charge in [0.25, 0.3) is 0 Å². The van der Waals surface area contributed by atoms with Gasteiger partial charge in [-0.15, -0.1) is 0 Å². The van der Waals surface area contributed by atoms with Gasteiger partial charge in [-0.05, 0) is 47.2 Å². The van der Waals surface area contributed by atoms with E-state index >= 15 is 0 Å². The van der Waals surface area contributed by atoms with Gasteiger partial charge in [-0.25, -0.2) is 0 Å². The molecule has 2 heteroatoms. The molecule has 0 aromatic heterocycles. The van der Waals surface area contributed by atoms with Crippen molar-refractivity contribution in [2.24, 2.45) is 0 Å². The fourth-order valence-corrected chi connectivity index (χ4v) is 4.12. The Morgan fingerprint density at radius 2 is 0.889 bits per heavy atom. The molecule has 4 atom stereocenters. The molecule has 0 aliphatic carbocycles. The first kappa shape index (κ1) is 9.54. The summed E-state index contributed by atoms with van der Waals surface area (Å²) in [7, 11) is 0. The molecular formula is C16H14O2. The van der Waals surface area contributed by atoms with E-state index in [0.29, 0.717) is 0 Å². The fraction of sp³-hybridized carbons (Fsp3) is 0.375. The van der Waals surface area contributed by atoms with Crippen molar-refractivity contribution in [3.8, 4) is 0 Å². The minimum Gasteiger partial charge on any atom is -0.357 e. The van der Waals surface area contributed by atoms with E-state index < -0.39 is 0 Å². The van der Waals surface area contributed by atoms with Gasteiger partial charge in [0.05, 0.1) is 0 Å². The molecule has 0 unspecified atom stereocenters. The summed E-state index contributed by atoms with van der Waals surface area (Å²) in [5.74, 6) is 0. The summed E-state index contributed by atoms with van der Waals surface area (Å²) in [4.78, 5) is 0. The molecule has 4 aliphatic heterocycles. The molecule has 4 aliphatic rings. The highest BCUT2D eigenvalue weighted by Gasteiger charge is 2.44. The van der Waals surface area contributed by atoms with E-state index in [4.69, 9.17) is 9.47 Å². The van der Waals surface area contributed by atoms with Crippen LogP contribution in [0, 0.1) is 13.8 Å². The Morgan fingerprint density at radius 1 is 0.611 bits per heavy atom. The number of benzene rings is 1. The number of hydrogen-bond donors (Lipinski definition) is 0. The largest absolute Gasteiger partial charge is 0.357 e. The predicted octanol–water partition coefficient (Wildman–Crippen LogP) is 3.67. The standard InChI is InChI=1S/C16H14O2/c1-7-13-9-3-5-11(17-9)15(13)8(2)16-12-6-4-10(18-12)14(7)16/h3-6,9-12H,1-2H3/t9-,10-,11+,12+. The highest BCUT2D eigenvalue weighted by Crippen LogP contribution is 2.56. The van der Waals surface area contributed by atoms with Crippen molar-refractivity contribution in [2.75, 3.05) is 0 Å². The molecule has 0 amide bonds. The van der Waals surface area contributed by atoms with Crippen LogP contribution in [0.1, 0.15) is 57.8 Å². The molecule has 2 nitrogen and oxygen atoms in total. The van der Waals surface area contributed by atoms with Crippen LogP contribution in [0.25, 0.3) is 0 Å². The van der Waals surface area contributed by atoms with Gasteiger partial charge in [0, 0.05) is 0 Å². The van der Waals surface area contributed by atoms with E-state index in [1.807, 2.05) is 0 Å². The van der Waals surface area contributed by atoms with Gasteiger partial charge in [0.1, 0.15) is 24.4 Å². The SMILES string of the molecule is Cc1c2c(c(C)c3c1[C@@H]1C=C[C@H]3O1)[C@H]1C=C[C@@H]2O1. The average molecular weight is 238 g/mol. The lowest BCUT2D eigenvalue weighted by atomic mass is 9.80. The second kappa shape index (κ2) is 2.79. The van der Waals surface area contributed by atoms with Crippen LogP contribution in [0.4, 0.5) is 0 Å². The second-order valence-electron chi connectivity index (χ2n) is 5.63. The van der Waals surface area contributed by atoms with Gasteiger partial charge >= 0.3 is 0 Å². The molecule has 18 heavy (non-hydrogen) atoms. The molecule has 0 N–H and O–H groups in total. The Kier molecular flexibility index (Phi) is 1.48. The summed E-state index contributed by atoms with van der Waals surface area (Å²) in [6.45, 7) is 4.46. The van der Waals surface area contributed by atoms with Crippen LogP contribution in [0.15, 0.2) is 24.3 Å². The molecule has 0 radical (unpaired) electrons. The second-order valence-corrected chi connectivity index (χ2v) is 5.63. The van der Waals surface area contributed by atoms with Crippen molar-refractivity contribution >= 4 is 0 Å². The third kappa shape index (κ3) is 0.846. The smallest absolute Gasteiger partial charge is 0.103 e. The first-order valence-corrected chi connectivity index (χ1v) is 6.60. The Hall–Kier alpha value is -1.38. The Bertz CT molecular complexity index is 548. The fourth-order valence-electron chi connectivity index (χ4n) is 4.12. The zero-order chi connectivity index (χ0) is 12.0. The van der Waals surface area contributed by atoms with Crippen LogP contribution < -0.4 is 0 Å². The molecular weight excluding hydrogens is 224 g/mol. The summed E-state index contributed by atoms with van der Waals surface area (Å²) in [5, 5.41) is 0. The monoisotopic (exact) mass is 238 g/mol. The first-order valence-electron chi connectivity index (χ1n) is 6.60. The van der Waals surface area contributed by atoms with Crippen molar-refractivity contribution in [3.63, 3.8) is 0 Å². The Balaban J connectivity index is 1.90. The molecule has 4 heterocycles. The first-order chi connectivity index (χ1) is 8.75. The van der Waals surface area contributed by atoms with E-state index in [2.05, 4.69) is 38.2 Å². The summed E-state index contributed by atoms with van der Waals surface area (Å²) in [6.07, 6.45) is 9.47. The molecule has 0 saturated carbocycles. The highest BCUT2D eigenvalue weighted by molar-refractivity contribution is 5.62. The van der Waals surface area contributed by atoms with Crippen LogP contribution in [-0.2, 0) is 9.47 Å². The van der Waals surface area contributed by atoms with Gasteiger partial charge < -0.3 is 9.47 Å². The lowest BCUT2D eigenvalue weighted by Crippen LogP contribution is -2.08. The van der Waals surface area contributed by atoms with Crippen LogP contribution >= 0.6 is 0 Å². The molecule has 5 rings (SSSR count). The Labute approximate surface area is 106 Å². The van der Waals surface area contributed by atoms with Gasteiger partial charge in [0.15, 0.2) is 0 Å². The van der Waals surface area contributed by atoms with Crippen molar-refractivity contribution in [1.29, 1.82) is 0 Å². The zero-order valence-electron chi connectivity index (χ0n) is 10.4. The van der Waals surface area contributed by atoms with E-state index in [1.54, 1.807) is 0 Å². The maximum Gasteiger partial charge on any atom is 0.103 e. The normalized spacial score (nSPS) is 36.6. The number of hydrogen-bond acceptors (Lipinski definition) is 2. The van der Waals surface area contributed by atoms with E-state index in [-0.39, 0.29) is 24.4 Å². The number of fused-ring (bicyclic) bond motifs is 10. The summed E-state index contributed by atoms with van der Waals surface area (Å²) in [5.41, 5.74) is 8.40. The summed E-state index contributed by atoms with van der Waals surface area (Å²) < 4.78 is 12.0.